The Hall–Kier alpha value is -3.02. The van der Waals surface area contributed by atoms with E-state index in [-0.39, 0.29) is 11.3 Å². The minimum atomic E-state index is -1.35. The van der Waals surface area contributed by atoms with E-state index in [0.29, 0.717) is 11.3 Å². The lowest BCUT2D eigenvalue weighted by atomic mass is 9.90. The van der Waals surface area contributed by atoms with Gasteiger partial charge in [0.1, 0.15) is 5.54 Å². The van der Waals surface area contributed by atoms with Gasteiger partial charge >= 0.3 is 0 Å². The Morgan fingerprint density at radius 1 is 1.00 bits per heavy atom. The molecular weight excluding hydrogens is 308 g/mol. The molecule has 0 bridgehead atoms. The summed E-state index contributed by atoms with van der Waals surface area (Å²) < 4.78 is 10.5. The topological polar surface area (TPSA) is 90.6 Å². The zero-order valence-electron chi connectivity index (χ0n) is 13.8. The molecule has 0 saturated carbocycles. The van der Waals surface area contributed by atoms with Crippen molar-refractivity contribution in [2.75, 3.05) is 14.2 Å². The van der Waals surface area contributed by atoms with Gasteiger partial charge in [-0.3, -0.25) is 9.59 Å². The van der Waals surface area contributed by atoms with Gasteiger partial charge in [0.15, 0.2) is 11.5 Å². The SMILES string of the molecule is COc1cccc(C(=O)N[C@](C)(C(N)=O)c2ccccc2)c1OC. The predicted octanol–water partition coefficient (Wildman–Crippen LogP) is 1.83. The van der Waals surface area contributed by atoms with E-state index >= 15 is 0 Å². The number of ether oxygens (including phenoxy) is 2. The Morgan fingerprint density at radius 2 is 1.67 bits per heavy atom. The van der Waals surface area contributed by atoms with Crippen molar-refractivity contribution in [3.8, 4) is 11.5 Å². The summed E-state index contributed by atoms with van der Waals surface area (Å²) in [7, 11) is 2.93. The summed E-state index contributed by atoms with van der Waals surface area (Å²) in [6, 6.07) is 13.8. The maximum Gasteiger partial charge on any atom is 0.256 e. The Kier molecular flexibility index (Phi) is 5.08. The lowest BCUT2D eigenvalue weighted by Gasteiger charge is -2.28. The smallest absolute Gasteiger partial charge is 0.256 e. The molecule has 0 aliphatic carbocycles. The normalized spacial score (nSPS) is 12.8. The number of carbonyl (C=O) groups is 2. The van der Waals surface area contributed by atoms with E-state index in [1.807, 2.05) is 6.07 Å². The molecule has 6 nitrogen and oxygen atoms in total. The fraction of sp³-hybridized carbons (Fsp3) is 0.222. The van der Waals surface area contributed by atoms with Crippen molar-refractivity contribution >= 4 is 11.8 Å². The second-order valence-corrected chi connectivity index (χ2v) is 5.35. The Balaban J connectivity index is 2.42. The molecule has 0 aromatic heterocycles. The van der Waals surface area contributed by atoms with Crippen LogP contribution in [0.4, 0.5) is 0 Å². The Labute approximate surface area is 140 Å². The highest BCUT2D eigenvalue weighted by atomic mass is 16.5. The van der Waals surface area contributed by atoms with Crippen LogP contribution in [0.3, 0.4) is 0 Å². The van der Waals surface area contributed by atoms with E-state index in [4.69, 9.17) is 15.2 Å². The highest BCUT2D eigenvalue weighted by Gasteiger charge is 2.35. The van der Waals surface area contributed by atoms with Gasteiger partial charge in [-0.25, -0.2) is 0 Å². The first-order valence-corrected chi connectivity index (χ1v) is 7.33. The summed E-state index contributed by atoms with van der Waals surface area (Å²) >= 11 is 0. The summed E-state index contributed by atoms with van der Waals surface area (Å²) in [6.45, 7) is 1.56. The number of methoxy groups -OCH3 is 2. The van der Waals surface area contributed by atoms with E-state index in [9.17, 15) is 9.59 Å². The predicted molar refractivity (Wildman–Crippen MR) is 90.0 cm³/mol. The van der Waals surface area contributed by atoms with Crippen LogP contribution in [0.5, 0.6) is 11.5 Å². The molecule has 2 aromatic carbocycles. The van der Waals surface area contributed by atoms with Crippen LogP contribution in [0, 0.1) is 0 Å². The van der Waals surface area contributed by atoms with E-state index in [1.54, 1.807) is 49.4 Å². The van der Waals surface area contributed by atoms with Gasteiger partial charge in [-0.15, -0.1) is 0 Å². The Morgan fingerprint density at radius 3 is 2.21 bits per heavy atom. The number of hydrogen-bond acceptors (Lipinski definition) is 4. The molecule has 0 fully saturated rings. The van der Waals surface area contributed by atoms with Crippen LogP contribution >= 0.6 is 0 Å². The number of nitrogens with two attached hydrogens (primary N) is 1. The number of rotatable bonds is 6. The number of para-hydroxylation sites is 1. The fourth-order valence-corrected chi connectivity index (χ4v) is 2.41. The van der Waals surface area contributed by atoms with Gasteiger partial charge in [0.25, 0.3) is 5.91 Å². The maximum absolute atomic E-state index is 12.7. The largest absolute Gasteiger partial charge is 0.493 e. The van der Waals surface area contributed by atoms with Crippen LogP contribution < -0.4 is 20.5 Å². The molecule has 0 radical (unpaired) electrons. The van der Waals surface area contributed by atoms with Crippen LogP contribution in [0.15, 0.2) is 48.5 Å². The monoisotopic (exact) mass is 328 g/mol. The molecular formula is C18H20N2O4. The molecule has 0 aliphatic heterocycles. The molecule has 3 N–H and O–H groups in total. The van der Waals surface area contributed by atoms with Crippen molar-refractivity contribution in [2.45, 2.75) is 12.5 Å². The van der Waals surface area contributed by atoms with Gasteiger partial charge in [-0.1, -0.05) is 36.4 Å². The summed E-state index contributed by atoms with van der Waals surface area (Å²) in [6.07, 6.45) is 0. The fourth-order valence-electron chi connectivity index (χ4n) is 2.41. The molecule has 0 heterocycles. The second-order valence-electron chi connectivity index (χ2n) is 5.35. The third kappa shape index (κ3) is 3.17. The van der Waals surface area contributed by atoms with Crippen molar-refractivity contribution in [2.24, 2.45) is 5.73 Å². The molecule has 0 spiro atoms. The summed E-state index contributed by atoms with van der Waals surface area (Å²) in [5.41, 5.74) is 5.03. The summed E-state index contributed by atoms with van der Waals surface area (Å²) in [5, 5.41) is 2.70. The molecule has 126 valence electrons. The molecule has 0 unspecified atom stereocenters. The van der Waals surface area contributed by atoms with Crippen LogP contribution in [-0.2, 0) is 10.3 Å². The molecule has 1 atom stereocenters. The summed E-state index contributed by atoms with van der Waals surface area (Å²) in [5.74, 6) is -0.442. The maximum atomic E-state index is 12.7. The average molecular weight is 328 g/mol. The van der Waals surface area contributed by atoms with Crippen LogP contribution in [-0.4, -0.2) is 26.0 Å². The third-order valence-corrected chi connectivity index (χ3v) is 3.86. The molecule has 6 heteroatoms. The quantitative estimate of drug-likeness (QED) is 0.846. The van der Waals surface area contributed by atoms with Gasteiger partial charge in [0, 0.05) is 0 Å². The second kappa shape index (κ2) is 7.04. The van der Waals surface area contributed by atoms with Crippen LogP contribution in [0.1, 0.15) is 22.8 Å². The lowest BCUT2D eigenvalue weighted by Crippen LogP contribution is -2.52. The highest BCUT2D eigenvalue weighted by Crippen LogP contribution is 2.31. The van der Waals surface area contributed by atoms with Crippen LogP contribution in [0.2, 0.25) is 0 Å². The first-order valence-electron chi connectivity index (χ1n) is 7.33. The third-order valence-electron chi connectivity index (χ3n) is 3.86. The van der Waals surface area contributed by atoms with Gasteiger partial charge in [0.05, 0.1) is 19.8 Å². The van der Waals surface area contributed by atoms with E-state index < -0.39 is 17.4 Å². The number of primary amides is 1. The number of benzene rings is 2. The van der Waals surface area contributed by atoms with Gasteiger partial charge in [0.2, 0.25) is 5.91 Å². The molecule has 0 saturated heterocycles. The van der Waals surface area contributed by atoms with Crippen molar-refractivity contribution < 1.29 is 19.1 Å². The lowest BCUT2D eigenvalue weighted by molar-refractivity contribution is -0.123. The highest BCUT2D eigenvalue weighted by molar-refractivity contribution is 6.01. The number of hydrogen-bond donors (Lipinski definition) is 2. The standard InChI is InChI=1S/C18H20N2O4/c1-18(17(19)22,12-8-5-4-6-9-12)20-16(21)13-10-7-11-14(23-2)15(13)24-3/h4-11H,1-3H3,(H2,19,22)(H,20,21)/t18-/m0/s1. The zero-order valence-corrected chi connectivity index (χ0v) is 13.8. The zero-order chi connectivity index (χ0) is 17.7. The minimum absolute atomic E-state index is 0.250. The molecule has 2 rings (SSSR count). The van der Waals surface area contributed by atoms with Crippen molar-refractivity contribution in [3.63, 3.8) is 0 Å². The molecule has 2 aromatic rings. The first kappa shape index (κ1) is 17.3. The molecule has 2 amide bonds. The van der Waals surface area contributed by atoms with Crippen molar-refractivity contribution in [1.82, 2.24) is 5.32 Å². The van der Waals surface area contributed by atoms with Gasteiger partial charge in [-0.05, 0) is 24.6 Å². The summed E-state index contributed by atoms with van der Waals surface area (Å²) in [4.78, 5) is 24.7. The van der Waals surface area contributed by atoms with Crippen molar-refractivity contribution in [3.05, 3.63) is 59.7 Å². The van der Waals surface area contributed by atoms with E-state index in [2.05, 4.69) is 5.32 Å². The van der Waals surface area contributed by atoms with Gasteiger partial charge in [-0.2, -0.15) is 0 Å². The molecule has 24 heavy (non-hydrogen) atoms. The first-order chi connectivity index (χ1) is 11.4. The number of amides is 2. The Bertz CT molecular complexity index is 746. The number of carbonyl (C=O) groups excluding carboxylic acids is 2. The number of nitrogens with one attached hydrogen (secondary N) is 1. The minimum Gasteiger partial charge on any atom is -0.493 e. The van der Waals surface area contributed by atoms with Crippen molar-refractivity contribution in [1.29, 1.82) is 0 Å². The molecule has 0 aliphatic rings. The van der Waals surface area contributed by atoms with Gasteiger partial charge < -0.3 is 20.5 Å². The van der Waals surface area contributed by atoms with Crippen LogP contribution in [0.25, 0.3) is 0 Å². The van der Waals surface area contributed by atoms with E-state index in [0.717, 1.165) is 0 Å². The van der Waals surface area contributed by atoms with E-state index in [1.165, 1.54) is 14.2 Å². The average Bonchev–Trinajstić information content (AvgIpc) is 2.61.